The number of rotatable bonds is 4. The van der Waals surface area contributed by atoms with Crippen molar-refractivity contribution < 1.29 is 4.79 Å². The highest BCUT2D eigenvalue weighted by atomic mass is 32.1. The van der Waals surface area contributed by atoms with Crippen LogP contribution in [0.2, 0.25) is 0 Å². The third kappa shape index (κ3) is 3.36. The number of amides is 1. The zero-order valence-electron chi connectivity index (χ0n) is 13.5. The van der Waals surface area contributed by atoms with Crippen molar-refractivity contribution in [3.8, 4) is 0 Å². The predicted octanol–water partition coefficient (Wildman–Crippen LogP) is 2.29. The number of hydrogen-bond acceptors (Lipinski definition) is 4. The Kier molecular flexibility index (Phi) is 4.54. The number of likely N-dealkylation sites (N-methyl/N-ethyl adjacent to an activating group) is 1. The molecule has 1 aromatic rings. The van der Waals surface area contributed by atoms with Crippen molar-refractivity contribution in [2.45, 2.75) is 12.8 Å². The molecule has 120 valence electrons. The molecule has 1 amide bonds. The summed E-state index contributed by atoms with van der Waals surface area (Å²) in [5, 5.41) is 3.53. The van der Waals surface area contributed by atoms with E-state index < -0.39 is 0 Å². The highest BCUT2D eigenvalue weighted by Gasteiger charge is 2.45. The Balaban J connectivity index is 1.45. The van der Waals surface area contributed by atoms with Crippen molar-refractivity contribution >= 4 is 22.2 Å². The van der Waals surface area contributed by atoms with Crippen LogP contribution < -0.4 is 4.90 Å². The van der Waals surface area contributed by atoms with Crippen LogP contribution in [0.4, 0.5) is 5.00 Å². The summed E-state index contributed by atoms with van der Waals surface area (Å²) in [6, 6.07) is 4.32. The minimum atomic E-state index is 0.172. The van der Waals surface area contributed by atoms with E-state index in [2.05, 4.69) is 27.3 Å². The van der Waals surface area contributed by atoms with Gasteiger partial charge in [0.2, 0.25) is 5.91 Å². The summed E-state index contributed by atoms with van der Waals surface area (Å²) in [5.74, 6) is 0.172. The van der Waals surface area contributed by atoms with Gasteiger partial charge in [-0.2, -0.15) is 0 Å². The van der Waals surface area contributed by atoms with Crippen molar-refractivity contribution in [3.05, 3.63) is 29.7 Å². The van der Waals surface area contributed by atoms with Crippen molar-refractivity contribution in [3.63, 3.8) is 0 Å². The lowest BCUT2D eigenvalue weighted by Crippen LogP contribution is -2.60. The molecule has 0 saturated carbocycles. The Hall–Kier alpha value is -1.33. The SMILES string of the molecule is CN(C)C/C=C/C(=O)N1CCC2(CC1)CN(c1cccs1)C2. The first-order valence-electron chi connectivity index (χ1n) is 7.97. The molecule has 0 bridgehead atoms. The summed E-state index contributed by atoms with van der Waals surface area (Å²) >= 11 is 1.82. The van der Waals surface area contributed by atoms with Crippen LogP contribution in [0.5, 0.6) is 0 Å². The van der Waals surface area contributed by atoms with Gasteiger partial charge in [-0.15, -0.1) is 11.3 Å². The second-order valence-corrected chi connectivity index (χ2v) is 7.72. The summed E-state index contributed by atoms with van der Waals surface area (Å²) in [6.07, 6.45) is 5.97. The number of likely N-dealkylation sites (tertiary alicyclic amines) is 1. The number of piperidine rings is 1. The van der Waals surface area contributed by atoms with Crippen LogP contribution in [0.1, 0.15) is 12.8 Å². The van der Waals surface area contributed by atoms with Crippen LogP contribution in [0.25, 0.3) is 0 Å². The number of hydrogen-bond donors (Lipinski definition) is 0. The molecule has 2 saturated heterocycles. The molecule has 0 radical (unpaired) electrons. The first-order valence-corrected chi connectivity index (χ1v) is 8.85. The summed E-state index contributed by atoms with van der Waals surface area (Å²) in [4.78, 5) is 18.7. The van der Waals surface area contributed by atoms with Crippen LogP contribution in [0.3, 0.4) is 0 Å². The molecule has 22 heavy (non-hydrogen) atoms. The van der Waals surface area contributed by atoms with Gasteiger partial charge in [0.05, 0.1) is 5.00 Å². The van der Waals surface area contributed by atoms with Gasteiger partial charge in [-0.1, -0.05) is 6.08 Å². The zero-order chi connectivity index (χ0) is 15.6. The molecular weight excluding hydrogens is 294 g/mol. The van der Waals surface area contributed by atoms with Crippen LogP contribution >= 0.6 is 11.3 Å². The molecule has 0 aromatic carbocycles. The van der Waals surface area contributed by atoms with E-state index in [-0.39, 0.29) is 5.91 Å². The lowest BCUT2D eigenvalue weighted by atomic mass is 9.72. The third-order valence-electron chi connectivity index (χ3n) is 4.74. The van der Waals surface area contributed by atoms with Crippen molar-refractivity contribution in [2.24, 2.45) is 5.41 Å². The summed E-state index contributed by atoms with van der Waals surface area (Å²) in [5.41, 5.74) is 0.453. The first kappa shape index (κ1) is 15.6. The maximum atomic E-state index is 12.2. The Bertz CT molecular complexity index is 522. The van der Waals surface area contributed by atoms with Crippen molar-refractivity contribution in [1.82, 2.24) is 9.80 Å². The topological polar surface area (TPSA) is 26.8 Å². The van der Waals surface area contributed by atoms with Gasteiger partial charge >= 0.3 is 0 Å². The second-order valence-electron chi connectivity index (χ2n) is 6.80. The number of carbonyl (C=O) groups excluding carboxylic acids is 1. The molecule has 1 spiro atoms. The normalized spacial score (nSPS) is 20.9. The van der Waals surface area contributed by atoms with Gasteiger partial charge in [-0.05, 0) is 44.4 Å². The van der Waals surface area contributed by atoms with Gasteiger partial charge in [-0.25, -0.2) is 0 Å². The number of nitrogens with zero attached hydrogens (tertiary/aromatic N) is 3. The summed E-state index contributed by atoms with van der Waals surface area (Å²) in [7, 11) is 4.02. The molecule has 0 atom stereocenters. The Morgan fingerprint density at radius 1 is 1.36 bits per heavy atom. The Labute approximate surface area is 137 Å². The molecule has 2 fully saturated rings. The van der Waals surface area contributed by atoms with Crippen molar-refractivity contribution in [2.75, 3.05) is 51.7 Å². The van der Waals surface area contributed by atoms with E-state index in [1.807, 2.05) is 36.4 Å². The van der Waals surface area contributed by atoms with Gasteiger partial charge in [0.25, 0.3) is 0 Å². The standard InChI is InChI=1S/C17H25N3OS/c1-18(2)9-3-5-15(21)19-10-7-17(8-11-19)13-20(14-17)16-6-4-12-22-16/h3-6,12H,7-11,13-14H2,1-2H3/b5-3+. The van der Waals surface area contributed by atoms with E-state index in [1.54, 1.807) is 6.08 Å². The smallest absolute Gasteiger partial charge is 0.246 e. The maximum absolute atomic E-state index is 12.2. The van der Waals surface area contributed by atoms with E-state index in [9.17, 15) is 4.79 Å². The quantitative estimate of drug-likeness (QED) is 0.797. The molecular formula is C17H25N3OS. The largest absolute Gasteiger partial charge is 0.362 e. The van der Waals surface area contributed by atoms with Crippen LogP contribution in [0, 0.1) is 5.41 Å². The minimum Gasteiger partial charge on any atom is -0.362 e. The lowest BCUT2D eigenvalue weighted by Gasteiger charge is -2.54. The fourth-order valence-corrected chi connectivity index (χ4v) is 4.09. The fraction of sp³-hybridized carbons (Fsp3) is 0.588. The lowest BCUT2D eigenvalue weighted by molar-refractivity contribution is -0.128. The predicted molar refractivity (Wildman–Crippen MR) is 92.5 cm³/mol. The van der Waals surface area contributed by atoms with Crippen LogP contribution in [0.15, 0.2) is 29.7 Å². The zero-order valence-corrected chi connectivity index (χ0v) is 14.3. The highest BCUT2D eigenvalue weighted by molar-refractivity contribution is 7.14. The Morgan fingerprint density at radius 3 is 2.68 bits per heavy atom. The Morgan fingerprint density at radius 2 is 2.09 bits per heavy atom. The molecule has 0 unspecified atom stereocenters. The van der Waals surface area contributed by atoms with E-state index in [4.69, 9.17) is 0 Å². The average molecular weight is 319 g/mol. The summed E-state index contributed by atoms with van der Waals surface area (Å²) < 4.78 is 0. The molecule has 1 aromatic heterocycles. The first-order chi connectivity index (χ1) is 10.6. The molecule has 0 N–H and O–H groups in total. The monoisotopic (exact) mass is 319 g/mol. The van der Waals surface area contributed by atoms with E-state index in [0.717, 1.165) is 45.6 Å². The third-order valence-corrected chi connectivity index (χ3v) is 5.67. The average Bonchev–Trinajstić information content (AvgIpc) is 2.98. The molecule has 3 heterocycles. The molecule has 3 rings (SSSR count). The fourth-order valence-electron chi connectivity index (χ4n) is 3.36. The second kappa shape index (κ2) is 6.42. The van der Waals surface area contributed by atoms with Gasteiger partial charge in [0, 0.05) is 44.2 Å². The van der Waals surface area contributed by atoms with Crippen molar-refractivity contribution in [1.29, 1.82) is 0 Å². The van der Waals surface area contributed by atoms with E-state index >= 15 is 0 Å². The molecule has 0 aliphatic carbocycles. The molecule has 4 nitrogen and oxygen atoms in total. The maximum Gasteiger partial charge on any atom is 0.246 e. The van der Waals surface area contributed by atoms with Gasteiger partial charge in [-0.3, -0.25) is 4.79 Å². The van der Waals surface area contributed by atoms with E-state index in [0.29, 0.717) is 5.41 Å². The summed E-state index contributed by atoms with van der Waals surface area (Å²) in [6.45, 7) is 4.95. The molecule has 5 heteroatoms. The number of carbonyl (C=O) groups is 1. The van der Waals surface area contributed by atoms with Crippen LogP contribution in [-0.2, 0) is 4.79 Å². The number of anilines is 1. The number of thiophene rings is 1. The minimum absolute atomic E-state index is 0.172. The van der Waals surface area contributed by atoms with Gasteiger partial charge < -0.3 is 14.7 Å². The molecule has 2 aliphatic rings. The van der Waals surface area contributed by atoms with Gasteiger partial charge in [0.15, 0.2) is 0 Å². The highest BCUT2D eigenvalue weighted by Crippen LogP contribution is 2.43. The van der Waals surface area contributed by atoms with Crippen LogP contribution in [-0.4, -0.2) is 62.5 Å². The van der Waals surface area contributed by atoms with E-state index in [1.165, 1.54) is 5.00 Å². The van der Waals surface area contributed by atoms with Gasteiger partial charge in [0.1, 0.15) is 0 Å². The molecule has 2 aliphatic heterocycles.